The molecule has 2 aromatic rings. The summed E-state index contributed by atoms with van der Waals surface area (Å²) in [6.45, 7) is 5.60. The molecular weight excluding hydrogens is 268 g/mol. The molecule has 1 saturated heterocycles. The van der Waals surface area contributed by atoms with Gasteiger partial charge in [0.1, 0.15) is 0 Å². The lowest BCUT2D eigenvalue weighted by Crippen LogP contribution is -2.44. The van der Waals surface area contributed by atoms with Crippen molar-refractivity contribution in [3.63, 3.8) is 0 Å². The van der Waals surface area contributed by atoms with E-state index in [4.69, 9.17) is 10.7 Å². The molecule has 106 valence electrons. The summed E-state index contributed by atoms with van der Waals surface area (Å²) in [4.78, 5) is 7.22. The molecule has 20 heavy (non-hydrogen) atoms. The molecule has 0 atom stereocenters. The molecule has 5 heteroatoms. The van der Waals surface area contributed by atoms with Crippen molar-refractivity contribution in [3.05, 3.63) is 34.7 Å². The van der Waals surface area contributed by atoms with E-state index >= 15 is 0 Å². The van der Waals surface area contributed by atoms with Crippen molar-refractivity contribution in [1.29, 1.82) is 0 Å². The Kier molecular flexibility index (Phi) is 4.30. The molecule has 0 amide bonds. The predicted molar refractivity (Wildman–Crippen MR) is 85.0 cm³/mol. The Morgan fingerprint density at radius 3 is 2.95 bits per heavy atom. The Hall–Kier alpha value is -1.43. The summed E-state index contributed by atoms with van der Waals surface area (Å²) in [5, 5.41) is 6.71. The Morgan fingerprint density at radius 2 is 2.15 bits per heavy atom. The van der Waals surface area contributed by atoms with Crippen molar-refractivity contribution >= 4 is 17.0 Å². The lowest BCUT2D eigenvalue weighted by molar-refractivity contribution is 0.244. The number of benzene rings is 1. The summed E-state index contributed by atoms with van der Waals surface area (Å²) in [6.07, 6.45) is 1.03. The van der Waals surface area contributed by atoms with E-state index in [0.29, 0.717) is 0 Å². The molecule has 3 N–H and O–H groups in total. The number of thiazole rings is 1. The lowest BCUT2D eigenvalue weighted by atomic mass is 10.1. The summed E-state index contributed by atoms with van der Waals surface area (Å²) >= 11 is 1.74. The van der Waals surface area contributed by atoms with E-state index in [9.17, 15) is 0 Å². The quantitative estimate of drug-likeness (QED) is 0.843. The van der Waals surface area contributed by atoms with Crippen LogP contribution in [0, 0.1) is 0 Å². The highest BCUT2D eigenvalue weighted by Crippen LogP contribution is 2.23. The molecular formula is C15H20N4S. The van der Waals surface area contributed by atoms with E-state index < -0.39 is 0 Å². The third-order valence-electron chi connectivity index (χ3n) is 3.59. The van der Waals surface area contributed by atoms with E-state index in [1.807, 2.05) is 18.2 Å². The number of anilines is 1. The van der Waals surface area contributed by atoms with Crippen LogP contribution in [-0.2, 0) is 6.42 Å². The van der Waals surface area contributed by atoms with Crippen LogP contribution in [0.15, 0.2) is 29.6 Å². The number of aromatic nitrogens is 1. The van der Waals surface area contributed by atoms with Gasteiger partial charge in [-0.15, -0.1) is 11.3 Å². The van der Waals surface area contributed by atoms with Gasteiger partial charge in [-0.2, -0.15) is 0 Å². The number of hydrogen-bond donors (Lipinski definition) is 2. The zero-order chi connectivity index (χ0) is 13.8. The van der Waals surface area contributed by atoms with E-state index in [1.165, 1.54) is 5.01 Å². The van der Waals surface area contributed by atoms with Crippen LogP contribution in [0.1, 0.15) is 5.01 Å². The summed E-state index contributed by atoms with van der Waals surface area (Å²) < 4.78 is 0. The number of nitrogens with one attached hydrogen (secondary N) is 1. The summed E-state index contributed by atoms with van der Waals surface area (Å²) in [5.74, 6) is 0. The maximum Gasteiger partial charge on any atom is 0.0945 e. The standard InChI is InChI=1S/C15H20N4S/c16-13-3-1-2-12(10-13)14-11-20-15(18-14)4-7-19-8-5-17-6-9-19/h1-3,10-11,17H,4-9,16H2. The van der Waals surface area contributed by atoms with Gasteiger partial charge in [0.05, 0.1) is 10.7 Å². The molecule has 0 aliphatic carbocycles. The van der Waals surface area contributed by atoms with E-state index in [2.05, 4.69) is 21.7 Å². The highest BCUT2D eigenvalue weighted by Gasteiger charge is 2.11. The van der Waals surface area contributed by atoms with Gasteiger partial charge in [0.2, 0.25) is 0 Å². The molecule has 0 radical (unpaired) electrons. The topological polar surface area (TPSA) is 54.2 Å². The first-order valence-electron chi connectivity index (χ1n) is 7.05. The summed E-state index contributed by atoms with van der Waals surface area (Å²) in [7, 11) is 0. The molecule has 1 aliphatic rings. The minimum atomic E-state index is 0.790. The van der Waals surface area contributed by atoms with Crippen molar-refractivity contribution in [3.8, 4) is 11.3 Å². The maximum atomic E-state index is 5.82. The third-order valence-corrected chi connectivity index (χ3v) is 4.49. The number of hydrogen-bond acceptors (Lipinski definition) is 5. The first kappa shape index (κ1) is 13.5. The average Bonchev–Trinajstić information content (AvgIpc) is 2.95. The van der Waals surface area contributed by atoms with Crippen molar-refractivity contribution in [2.75, 3.05) is 38.5 Å². The van der Waals surface area contributed by atoms with Crippen LogP contribution in [0.25, 0.3) is 11.3 Å². The van der Waals surface area contributed by atoms with Crippen molar-refractivity contribution in [1.82, 2.24) is 15.2 Å². The largest absolute Gasteiger partial charge is 0.399 e. The fraction of sp³-hybridized carbons (Fsp3) is 0.400. The van der Waals surface area contributed by atoms with E-state index in [1.54, 1.807) is 11.3 Å². The van der Waals surface area contributed by atoms with E-state index in [0.717, 1.165) is 56.1 Å². The fourth-order valence-electron chi connectivity index (χ4n) is 2.44. The number of nitrogens with two attached hydrogens (primary N) is 1. The normalized spacial score (nSPS) is 16.4. The van der Waals surface area contributed by atoms with Crippen LogP contribution >= 0.6 is 11.3 Å². The predicted octanol–water partition coefficient (Wildman–Crippen LogP) is 1.84. The van der Waals surface area contributed by atoms with Crippen LogP contribution in [-0.4, -0.2) is 42.6 Å². The van der Waals surface area contributed by atoms with E-state index in [-0.39, 0.29) is 0 Å². The molecule has 3 rings (SSSR count). The smallest absolute Gasteiger partial charge is 0.0945 e. The van der Waals surface area contributed by atoms with Gasteiger partial charge < -0.3 is 16.0 Å². The third kappa shape index (κ3) is 3.36. The van der Waals surface area contributed by atoms with Gasteiger partial charge in [0.15, 0.2) is 0 Å². The van der Waals surface area contributed by atoms with Crippen molar-refractivity contribution in [2.45, 2.75) is 6.42 Å². The van der Waals surface area contributed by atoms with Crippen LogP contribution in [0.5, 0.6) is 0 Å². The molecule has 1 aromatic carbocycles. The second-order valence-electron chi connectivity index (χ2n) is 5.09. The Morgan fingerprint density at radius 1 is 1.30 bits per heavy atom. The Balaban J connectivity index is 1.61. The Bertz CT molecular complexity index is 561. The minimum Gasteiger partial charge on any atom is -0.399 e. The second kappa shape index (κ2) is 6.35. The number of nitrogen functional groups attached to an aromatic ring is 1. The molecule has 2 heterocycles. The Labute approximate surface area is 123 Å². The molecule has 1 aromatic heterocycles. The summed E-state index contributed by atoms with van der Waals surface area (Å²) in [5.41, 5.74) is 8.76. The van der Waals surface area contributed by atoms with Crippen LogP contribution in [0.4, 0.5) is 5.69 Å². The van der Waals surface area contributed by atoms with Gasteiger partial charge in [-0.3, -0.25) is 0 Å². The molecule has 0 saturated carbocycles. The van der Waals surface area contributed by atoms with Gasteiger partial charge in [-0.05, 0) is 12.1 Å². The fourth-order valence-corrected chi connectivity index (χ4v) is 3.24. The zero-order valence-electron chi connectivity index (χ0n) is 11.5. The zero-order valence-corrected chi connectivity index (χ0v) is 12.3. The minimum absolute atomic E-state index is 0.790. The van der Waals surface area contributed by atoms with Gasteiger partial charge in [0.25, 0.3) is 0 Å². The van der Waals surface area contributed by atoms with Gasteiger partial charge in [0, 0.05) is 55.8 Å². The first-order chi connectivity index (χ1) is 9.81. The van der Waals surface area contributed by atoms with Gasteiger partial charge in [-0.1, -0.05) is 12.1 Å². The molecule has 1 fully saturated rings. The van der Waals surface area contributed by atoms with Crippen LogP contribution in [0.3, 0.4) is 0 Å². The molecule has 4 nitrogen and oxygen atoms in total. The summed E-state index contributed by atoms with van der Waals surface area (Å²) in [6, 6.07) is 7.92. The lowest BCUT2D eigenvalue weighted by Gasteiger charge is -2.26. The maximum absolute atomic E-state index is 5.82. The number of rotatable bonds is 4. The molecule has 0 spiro atoms. The number of piperazine rings is 1. The molecule has 0 bridgehead atoms. The van der Waals surface area contributed by atoms with Crippen LogP contribution < -0.4 is 11.1 Å². The van der Waals surface area contributed by atoms with Gasteiger partial charge >= 0.3 is 0 Å². The molecule has 0 unspecified atom stereocenters. The SMILES string of the molecule is Nc1cccc(-c2csc(CCN3CCNCC3)n2)c1. The van der Waals surface area contributed by atoms with Crippen molar-refractivity contribution in [2.24, 2.45) is 0 Å². The molecule has 1 aliphatic heterocycles. The monoisotopic (exact) mass is 288 g/mol. The van der Waals surface area contributed by atoms with Crippen LogP contribution in [0.2, 0.25) is 0 Å². The first-order valence-corrected chi connectivity index (χ1v) is 7.92. The average molecular weight is 288 g/mol. The van der Waals surface area contributed by atoms with Gasteiger partial charge in [-0.25, -0.2) is 4.98 Å². The second-order valence-corrected chi connectivity index (χ2v) is 6.04. The highest BCUT2D eigenvalue weighted by atomic mass is 32.1. The highest BCUT2D eigenvalue weighted by molar-refractivity contribution is 7.09. The number of nitrogens with zero attached hydrogens (tertiary/aromatic N) is 2. The van der Waals surface area contributed by atoms with Crippen molar-refractivity contribution < 1.29 is 0 Å².